The van der Waals surface area contributed by atoms with Crippen LogP contribution in [-0.2, 0) is 0 Å². The van der Waals surface area contributed by atoms with Gasteiger partial charge in [-0.3, -0.25) is 0 Å². The number of rotatable bonds is 4. The second-order valence-electron chi connectivity index (χ2n) is 5.07. The van der Waals surface area contributed by atoms with Gasteiger partial charge in [-0.05, 0) is 12.1 Å². The van der Waals surface area contributed by atoms with Gasteiger partial charge in [-0.15, -0.1) is 0 Å². The van der Waals surface area contributed by atoms with E-state index < -0.39 is 8.24 Å². The smallest absolute Gasteiger partial charge is 0.160 e. The van der Waals surface area contributed by atoms with Crippen molar-refractivity contribution in [3.05, 3.63) is 30.1 Å². The fourth-order valence-electron chi connectivity index (χ4n) is 1.40. The minimum Gasteiger partial charge on any atom is -0.341 e. The summed E-state index contributed by atoms with van der Waals surface area (Å²) >= 11 is 1.73. The first-order valence-corrected chi connectivity index (χ1v) is 9.82. The maximum absolute atomic E-state index is 13.8. The van der Waals surface area contributed by atoms with Crippen LogP contribution < -0.4 is 3.97 Å². The van der Waals surface area contributed by atoms with Crippen LogP contribution in [0.4, 0.5) is 10.1 Å². The van der Waals surface area contributed by atoms with Crippen LogP contribution in [0.25, 0.3) is 0 Å². The van der Waals surface area contributed by atoms with Gasteiger partial charge in [0.15, 0.2) is 8.24 Å². The number of nitrogens with zero attached hydrogens (tertiary/aromatic N) is 1. The normalized spacial score (nSPS) is 11.9. The Labute approximate surface area is 103 Å². The summed E-state index contributed by atoms with van der Waals surface area (Å²) in [7, 11) is -1.57. The highest BCUT2D eigenvalue weighted by molar-refractivity contribution is 8.02. The fourth-order valence-corrected chi connectivity index (χ4v) is 4.89. The highest BCUT2D eigenvalue weighted by Crippen LogP contribution is 2.33. The third-order valence-electron chi connectivity index (χ3n) is 2.00. The Kier molecular flexibility index (Phi) is 4.44. The largest absolute Gasteiger partial charge is 0.341 e. The zero-order chi connectivity index (χ0) is 12.3. The van der Waals surface area contributed by atoms with Crippen LogP contribution in [0, 0.1) is 5.82 Å². The van der Waals surface area contributed by atoms with E-state index in [9.17, 15) is 4.39 Å². The molecule has 0 saturated heterocycles. The molecule has 0 radical (unpaired) electrons. The summed E-state index contributed by atoms with van der Waals surface area (Å²) in [5.41, 5.74) is 0.723. The monoisotopic (exact) mass is 257 g/mol. The zero-order valence-electron chi connectivity index (χ0n) is 10.6. The van der Waals surface area contributed by atoms with Gasteiger partial charge in [-0.2, -0.15) is 0 Å². The van der Waals surface area contributed by atoms with Crippen molar-refractivity contribution in [3.8, 4) is 0 Å². The molecule has 90 valence electrons. The third-order valence-corrected chi connectivity index (χ3v) is 6.24. The van der Waals surface area contributed by atoms with Gasteiger partial charge in [0.25, 0.3) is 0 Å². The molecule has 0 aliphatic rings. The Balaban J connectivity index is 3.07. The van der Waals surface area contributed by atoms with E-state index >= 15 is 0 Å². The number of hydrogen-bond donors (Lipinski definition) is 0. The lowest BCUT2D eigenvalue weighted by Crippen LogP contribution is -2.42. The number of benzene rings is 1. The minimum atomic E-state index is -1.57. The van der Waals surface area contributed by atoms with Gasteiger partial charge < -0.3 is 3.97 Å². The third kappa shape index (κ3) is 3.52. The number of para-hydroxylation sites is 1. The van der Waals surface area contributed by atoms with Gasteiger partial charge in [0.1, 0.15) is 5.82 Å². The fraction of sp³-hybridized carbons (Fsp3) is 0.500. The molecule has 16 heavy (non-hydrogen) atoms. The molecule has 0 aliphatic heterocycles. The topological polar surface area (TPSA) is 3.24 Å². The van der Waals surface area contributed by atoms with Crippen LogP contribution in [0.5, 0.6) is 0 Å². The maximum atomic E-state index is 13.8. The Morgan fingerprint density at radius 1 is 1.19 bits per heavy atom. The van der Waals surface area contributed by atoms with Gasteiger partial charge in [0.05, 0.1) is 5.69 Å². The van der Waals surface area contributed by atoms with E-state index in [0.717, 1.165) is 5.69 Å². The maximum Gasteiger partial charge on any atom is 0.160 e. The van der Waals surface area contributed by atoms with E-state index in [-0.39, 0.29) is 5.82 Å². The molecule has 0 spiro atoms. The number of anilines is 1. The molecule has 0 atom stereocenters. The summed E-state index contributed by atoms with van der Waals surface area (Å²) < 4.78 is 16.0. The van der Waals surface area contributed by atoms with E-state index in [2.05, 4.69) is 37.5 Å². The molecule has 0 saturated carbocycles. The summed E-state index contributed by atoms with van der Waals surface area (Å²) in [5, 5.41) is 0.464. The molecule has 1 nitrogen and oxygen atoms in total. The van der Waals surface area contributed by atoms with Crippen molar-refractivity contribution in [2.75, 3.05) is 3.97 Å². The van der Waals surface area contributed by atoms with Crippen LogP contribution in [0.2, 0.25) is 19.6 Å². The molecule has 0 aliphatic carbocycles. The van der Waals surface area contributed by atoms with Crippen molar-refractivity contribution in [2.24, 2.45) is 0 Å². The summed E-state index contributed by atoms with van der Waals surface area (Å²) in [5.74, 6) is -0.127. The van der Waals surface area contributed by atoms with Crippen LogP contribution in [0.3, 0.4) is 0 Å². The van der Waals surface area contributed by atoms with Crippen molar-refractivity contribution < 1.29 is 4.39 Å². The molecule has 0 aromatic heterocycles. The quantitative estimate of drug-likeness (QED) is 0.576. The average molecular weight is 257 g/mol. The Morgan fingerprint density at radius 2 is 1.75 bits per heavy atom. The van der Waals surface area contributed by atoms with Gasteiger partial charge in [0.2, 0.25) is 0 Å². The second-order valence-corrected chi connectivity index (χ2v) is 11.7. The second kappa shape index (κ2) is 5.23. The highest BCUT2D eigenvalue weighted by Gasteiger charge is 2.27. The Bertz CT molecular complexity index is 349. The predicted octanol–water partition coefficient (Wildman–Crippen LogP) is 4.52. The van der Waals surface area contributed by atoms with Crippen LogP contribution in [0.1, 0.15) is 13.8 Å². The molecule has 1 aromatic carbocycles. The first kappa shape index (κ1) is 13.6. The lowest BCUT2D eigenvalue weighted by molar-refractivity contribution is 0.630. The summed E-state index contributed by atoms with van der Waals surface area (Å²) in [6, 6.07) is 7.03. The van der Waals surface area contributed by atoms with E-state index in [1.165, 1.54) is 6.07 Å². The highest BCUT2D eigenvalue weighted by atomic mass is 32.2. The van der Waals surface area contributed by atoms with Gasteiger partial charge in [-0.25, -0.2) is 4.39 Å². The van der Waals surface area contributed by atoms with Gasteiger partial charge >= 0.3 is 0 Å². The Hall–Kier alpha value is -0.483. The van der Waals surface area contributed by atoms with E-state index in [4.69, 9.17) is 0 Å². The predicted molar refractivity (Wildman–Crippen MR) is 75.0 cm³/mol. The molecular weight excluding hydrogens is 237 g/mol. The van der Waals surface area contributed by atoms with E-state index in [1.807, 2.05) is 12.1 Å². The Morgan fingerprint density at radius 3 is 2.19 bits per heavy atom. The minimum absolute atomic E-state index is 0.127. The van der Waals surface area contributed by atoms with Crippen molar-refractivity contribution in [1.29, 1.82) is 0 Å². The molecule has 0 fully saturated rings. The number of hydrogen-bond acceptors (Lipinski definition) is 2. The van der Waals surface area contributed by atoms with Crippen LogP contribution in [-0.4, -0.2) is 13.5 Å². The number of halogens is 1. The zero-order valence-corrected chi connectivity index (χ0v) is 12.4. The van der Waals surface area contributed by atoms with Crippen LogP contribution in [0.15, 0.2) is 24.3 Å². The lowest BCUT2D eigenvalue weighted by atomic mass is 10.3. The average Bonchev–Trinajstić information content (AvgIpc) is 2.13. The molecule has 1 rings (SSSR count). The molecular formula is C12H20FNSSi. The van der Waals surface area contributed by atoms with Crippen molar-refractivity contribution in [3.63, 3.8) is 0 Å². The summed E-state index contributed by atoms with van der Waals surface area (Å²) in [6.07, 6.45) is 0. The first-order chi connectivity index (χ1) is 7.32. The van der Waals surface area contributed by atoms with Crippen molar-refractivity contribution in [2.45, 2.75) is 38.7 Å². The summed E-state index contributed by atoms with van der Waals surface area (Å²) in [6.45, 7) is 11.0. The molecule has 0 unspecified atom stereocenters. The lowest BCUT2D eigenvalue weighted by Gasteiger charge is -2.36. The van der Waals surface area contributed by atoms with E-state index in [0.29, 0.717) is 5.25 Å². The summed E-state index contributed by atoms with van der Waals surface area (Å²) in [4.78, 5) is 0. The SMILES string of the molecule is CC(C)SN(c1ccccc1F)[Si](C)(C)C. The van der Waals surface area contributed by atoms with Gasteiger partial charge in [0, 0.05) is 5.25 Å². The molecule has 1 aromatic rings. The van der Waals surface area contributed by atoms with Crippen LogP contribution >= 0.6 is 11.9 Å². The first-order valence-electron chi connectivity index (χ1n) is 5.54. The molecule has 0 N–H and O–H groups in total. The van der Waals surface area contributed by atoms with Crippen molar-refractivity contribution >= 4 is 25.9 Å². The van der Waals surface area contributed by atoms with Gasteiger partial charge in [-0.1, -0.05) is 57.6 Å². The van der Waals surface area contributed by atoms with Crippen molar-refractivity contribution in [1.82, 2.24) is 0 Å². The standard InChI is InChI=1S/C12H20FNSSi/c1-10(2)15-14(16(3,4)5)12-9-7-6-8-11(12)13/h6-10H,1-5H3. The molecule has 4 heteroatoms. The molecule has 0 bridgehead atoms. The van der Waals surface area contributed by atoms with E-state index in [1.54, 1.807) is 18.0 Å². The molecule has 0 heterocycles. The molecule has 0 amide bonds.